The number of hydrogen-bond donors (Lipinski definition) is 1. The summed E-state index contributed by atoms with van der Waals surface area (Å²) in [4.78, 5) is 12.1. The molecule has 2 rings (SSSR count). The molecule has 0 fully saturated rings. The van der Waals surface area contributed by atoms with E-state index in [2.05, 4.69) is 19.2 Å². The maximum absolute atomic E-state index is 12.1. The van der Waals surface area contributed by atoms with E-state index >= 15 is 0 Å². The molecule has 21 heavy (non-hydrogen) atoms. The second-order valence-electron chi connectivity index (χ2n) is 5.58. The maximum Gasteiger partial charge on any atom is 0.251 e. The van der Waals surface area contributed by atoms with E-state index in [1.54, 1.807) is 24.3 Å². The number of halogens is 2. The number of benzene rings is 2. The van der Waals surface area contributed by atoms with E-state index in [1.165, 1.54) is 0 Å². The molecule has 0 atom stereocenters. The van der Waals surface area contributed by atoms with E-state index in [0.29, 0.717) is 22.2 Å². The smallest absolute Gasteiger partial charge is 0.251 e. The Bertz CT molecular complexity index is 635. The number of carbonyl (C=O) groups is 1. The first kappa shape index (κ1) is 15.9. The van der Waals surface area contributed by atoms with Crippen molar-refractivity contribution in [2.75, 3.05) is 6.54 Å². The third-order valence-corrected chi connectivity index (χ3v) is 3.89. The van der Waals surface area contributed by atoms with E-state index in [4.69, 9.17) is 23.2 Å². The largest absolute Gasteiger partial charge is 0.351 e. The molecule has 4 heteroatoms. The fraction of sp³-hybridized carbons (Fsp3) is 0.235. The highest BCUT2D eigenvalue weighted by Gasteiger charge is 2.21. The van der Waals surface area contributed by atoms with Gasteiger partial charge >= 0.3 is 0 Å². The van der Waals surface area contributed by atoms with Crippen LogP contribution >= 0.6 is 23.2 Å². The summed E-state index contributed by atoms with van der Waals surface area (Å²) in [5, 5.41) is 4.21. The van der Waals surface area contributed by atoms with Crippen molar-refractivity contribution in [1.82, 2.24) is 5.32 Å². The molecule has 0 heterocycles. The van der Waals surface area contributed by atoms with E-state index in [0.717, 1.165) is 5.56 Å². The average molecular weight is 322 g/mol. The van der Waals surface area contributed by atoms with Crippen LogP contribution in [0.25, 0.3) is 0 Å². The summed E-state index contributed by atoms with van der Waals surface area (Å²) in [5.41, 5.74) is 1.51. The van der Waals surface area contributed by atoms with E-state index < -0.39 is 0 Å². The second kappa shape index (κ2) is 6.50. The Morgan fingerprint density at radius 1 is 1.05 bits per heavy atom. The van der Waals surface area contributed by atoms with Crippen LogP contribution in [0.15, 0.2) is 48.5 Å². The van der Waals surface area contributed by atoms with Crippen LogP contribution in [0.3, 0.4) is 0 Å². The quantitative estimate of drug-likeness (QED) is 0.868. The lowest BCUT2D eigenvalue weighted by Crippen LogP contribution is -2.36. The number of nitrogens with one attached hydrogen (secondary N) is 1. The fourth-order valence-corrected chi connectivity index (χ4v) is 2.35. The second-order valence-corrected chi connectivity index (χ2v) is 6.46. The molecule has 2 nitrogen and oxygen atoms in total. The van der Waals surface area contributed by atoms with Crippen LogP contribution < -0.4 is 5.32 Å². The Hall–Kier alpha value is -1.51. The number of amides is 1. The normalized spacial score (nSPS) is 11.2. The van der Waals surface area contributed by atoms with Crippen molar-refractivity contribution in [3.8, 4) is 0 Å². The monoisotopic (exact) mass is 321 g/mol. The van der Waals surface area contributed by atoms with Crippen molar-refractivity contribution >= 4 is 29.1 Å². The van der Waals surface area contributed by atoms with Gasteiger partial charge in [0, 0.05) is 27.6 Å². The molecule has 2 aromatic rings. The van der Waals surface area contributed by atoms with Gasteiger partial charge in [-0.15, -0.1) is 0 Å². The summed E-state index contributed by atoms with van der Waals surface area (Å²) in [6, 6.07) is 14.6. The van der Waals surface area contributed by atoms with Gasteiger partial charge in [-0.3, -0.25) is 4.79 Å². The molecule has 0 saturated carbocycles. The van der Waals surface area contributed by atoms with Crippen LogP contribution in [0.5, 0.6) is 0 Å². The summed E-state index contributed by atoms with van der Waals surface area (Å²) >= 11 is 11.8. The van der Waals surface area contributed by atoms with Gasteiger partial charge in [-0.25, -0.2) is 0 Å². The Balaban J connectivity index is 2.04. The Labute approximate surface area is 135 Å². The zero-order valence-electron chi connectivity index (χ0n) is 12.0. The van der Waals surface area contributed by atoms with Crippen LogP contribution in [-0.4, -0.2) is 12.5 Å². The molecule has 0 aliphatic carbocycles. The third-order valence-electron chi connectivity index (χ3n) is 3.40. The Kier molecular flexibility index (Phi) is 4.92. The van der Waals surface area contributed by atoms with Gasteiger partial charge in [0.05, 0.1) is 0 Å². The SMILES string of the molecule is CC(C)(CNC(=O)c1cccc(Cl)c1)c1ccc(Cl)cc1. The van der Waals surface area contributed by atoms with Gasteiger partial charge < -0.3 is 5.32 Å². The molecule has 0 aliphatic heterocycles. The Morgan fingerprint density at radius 2 is 1.71 bits per heavy atom. The molecule has 0 bridgehead atoms. The van der Waals surface area contributed by atoms with Crippen molar-refractivity contribution < 1.29 is 4.79 Å². The summed E-state index contributed by atoms with van der Waals surface area (Å²) < 4.78 is 0. The lowest BCUT2D eigenvalue weighted by Gasteiger charge is -2.25. The molecule has 110 valence electrons. The lowest BCUT2D eigenvalue weighted by molar-refractivity contribution is 0.0945. The molecule has 1 N–H and O–H groups in total. The molecule has 0 radical (unpaired) electrons. The summed E-state index contributed by atoms with van der Waals surface area (Å²) in [6.45, 7) is 4.68. The molecular formula is C17H17Cl2NO. The molecule has 0 spiro atoms. The first-order valence-corrected chi connectivity index (χ1v) is 7.44. The topological polar surface area (TPSA) is 29.1 Å². The Morgan fingerprint density at radius 3 is 2.33 bits per heavy atom. The highest BCUT2D eigenvalue weighted by Crippen LogP contribution is 2.24. The van der Waals surface area contributed by atoms with Gasteiger partial charge in [-0.05, 0) is 35.9 Å². The summed E-state index contributed by atoms with van der Waals surface area (Å²) in [5.74, 6) is -0.125. The van der Waals surface area contributed by atoms with Gasteiger partial charge in [0.1, 0.15) is 0 Å². The first-order valence-electron chi connectivity index (χ1n) is 6.68. The highest BCUT2D eigenvalue weighted by molar-refractivity contribution is 6.31. The molecule has 1 amide bonds. The molecule has 0 aromatic heterocycles. The minimum absolute atomic E-state index is 0.125. The molecule has 0 saturated heterocycles. The van der Waals surface area contributed by atoms with Crippen molar-refractivity contribution in [3.63, 3.8) is 0 Å². The zero-order valence-corrected chi connectivity index (χ0v) is 13.5. The number of carbonyl (C=O) groups excluding carboxylic acids is 1. The van der Waals surface area contributed by atoms with E-state index in [-0.39, 0.29) is 11.3 Å². The minimum Gasteiger partial charge on any atom is -0.351 e. The zero-order chi connectivity index (χ0) is 15.5. The predicted octanol–water partition coefficient (Wildman–Crippen LogP) is 4.70. The molecule has 2 aromatic carbocycles. The van der Waals surface area contributed by atoms with Gasteiger partial charge in [0.15, 0.2) is 0 Å². The van der Waals surface area contributed by atoms with Crippen LogP contribution in [0, 0.1) is 0 Å². The maximum atomic E-state index is 12.1. The highest BCUT2D eigenvalue weighted by atomic mass is 35.5. The van der Waals surface area contributed by atoms with Crippen LogP contribution in [0.4, 0.5) is 0 Å². The van der Waals surface area contributed by atoms with Gasteiger partial charge in [-0.2, -0.15) is 0 Å². The first-order chi connectivity index (χ1) is 9.88. The van der Waals surface area contributed by atoms with Crippen molar-refractivity contribution in [1.29, 1.82) is 0 Å². The van der Waals surface area contributed by atoms with Crippen molar-refractivity contribution in [3.05, 3.63) is 69.7 Å². The van der Waals surface area contributed by atoms with Gasteiger partial charge in [0.25, 0.3) is 5.91 Å². The fourth-order valence-electron chi connectivity index (χ4n) is 2.04. The number of hydrogen-bond acceptors (Lipinski definition) is 1. The van der Waals surface area contributed by atoms with Crippen molar-refractivity contribution in [2.24, 2.45) is 0 Å². The molecular weight excluding hydrogens is 305 g/mol. The third kappa shape index (κ3) is 4.23. The summed E-state index contributed by atoms with van der Waals surface area (Å²) in [6.07, 6.45) is 0. The van der Waals surface area contributed by atoms with Crippen molar-refractivity contribution in [2.45, 2.75) is 19.3 Å². The summed E-state index contributed by atoms with van der Waals surface area (Å²) in [7, 11) is 0. The predicted molar refractivity (Wildman–Crippen MR) is 88.3 cm³/mol. The van der Waals surface area contributed by atoms with Gasteiger partial charge in [0.2, 0.25) is 0 Å². The van der Waals surface area contributed by atoms with Crippen LogP contribution in [-0.2, 0) is 5.41 Å². The molecule has 0 unspecified atom stereocenters. The standard InChI is InChI=1S/C17H17Cl2NO/c1-17(2,13-6-8-14(18)9-7-13)11-20-16(21)12-4-3-5-15(19)10-12/h3-10H,11H2,1-2H3,(H,20,21). The van der Waals surface area contributed by atoms with Crippen LogP contribution in [0.2, 0.25) is 10.0 Å². The van der Waals surface area contributed by atoms with Crippen LogP contribution in [0.1, 0.15) is 29.8 Å². The lowest BCUT2D eigenvalue weighted by atomic mass is 9.84. The minimum atomic E-state index is -0.182. The number of rotatable bonds is 4. The van der Waals surface area contributed by atoms with E-state index in [9.17, 15) is 4.79 Å². The van der Waals surface area contributed by atoms with E-state index in [1.807, 2.05) is 24.3 Å². The van der Waals surface area contributed by atoms with Gasteiger partial charge in [-0.1, -0.05) is 55.2 Å². The average Bonchev–Trinajstić information content (AvgIpc) is 2.45. The molecule has 0 aliphatic rings.